The van der Waals surface area contributed by atoms with Gasteiger partial charge in [-0.3, -0.25) is 0 Å². The zero-order valence-electron chi connectivity index (χ0n) is 11.8. The summed E-state index contributed by atoms with van der Waals surface area (Å²) in [6.45, 7) is 6.62. The van der Waals surface area contributed by atoms with E-state index in [9.17, 15) is 0 Å². The molecule has 3 rings (SSSR count). The Labute approximate surface area is 114 Å². The van der Waals surface area contributed by atoms with Gasteiger partial charge >= 0.3 is 0 Å². The average Bonchev–Trinajstić information content (AvgIpc) is 2.87. The highest BCUT2D eigenvalue weighted by molar-refractivity contribution is 5.30. The van der Waals surface area contributed by atoms with Gasteiger partial charge in [0.2, 0.25) is 0 Å². The van der Waals surface area contributed by atoms with Gasteiger partial charge in [-0.1, -0.05) is 13.3 Å². The molecule has 104 valence electrons. The summed E-state index contributed by atoms with van der Waals surface area (Å²) in [6, 6.07) is 0. The molecule has 1 atom stereocenters. The molecule has 1 N–H and O–H groups in total. The number of nitrogens with zero attached hydrogens (tertiary/aromatic N) is 3. The minimum absolute atomic E-state index is 0.0280. The predicted octanol–water partition coefficient (Wildman–Crippen LogP) is 1.04. The van der Waals surface area contributed by atoms with Crippen LogP contribution in [0.5, 0.6) is 0 Å². The molecule has 1 aromatic heterocycles. The minimum atomic E-state index is 0.0280. The Balaban J connectivity index is 1.91. The van der Waals surface area contributed by atoms with Crippen molar-refractivity contribution in [1.29, 1.82) is 0 Å². The molecule has 0 spiro atoms. The number of aromatic nitrogens is 2. The quantitative estimate of drug-likeness (QED) is 0.882. The van der Waals surface area contributed by atoms with Crippen LogP contribution in [0, 0.1) is 0 Å². The van der Waals surface area contributed by atoms with Crippen molar-refractivity contribution >= 4 is 0 Å². The van der Waals surface area contributed by atoms with E-state index in [0.29, 0.717) is 0 Å². The molecule has 1 saturated heterocycles. The molecule has 0 amide bonds. The van der Waals surface area contributed by atoms with Gasteiger partial charge in [0.25, 0.3) is 0 Å². The Morgan fingerprint density at radius 3 is 3.05 bits per heavy atom. The smallest absolute Gasteiger partial charge is 0.158 e. The third kappa shape index (κ3) is 2.63. The summed E-state index contributed by atoms with van der Waals surface area (Å²) in [4.78, 5) is 11.8. The van der Waals surface area contributed by atoms with Gasteiger partial charge in [0.15, 0.2) is 5.82 Å². The predicted molar refractivity (Wildman–Crippen MR) is 72.8 cm³/mol. The first-order valence-corrected chi connectivity index (χ1v) is 7.17. The van der Waals surface area contributed by atoms with Gasteiger partial charge in [0.1, 0.15) is 6.10 Å². The summed E-state index contributed by atoms with van der Waals surface area (Å²) >= 11 is 0. The van der Waals surface area contributed by atoms with Gasteiger partial charge in [-0.15, -0.1) is 0 Å². The highest BCUT2D eigenvalue weighted by Gasteiger charge is 2.25. The number of nitrogens with one attached hydrogen (secondary N) is 1. The van der Waals surface area contributed by atoms with E-state index in [1.54, 1.807) is 0 Å². The molecule has 1 unspecified atom stereocenters. The van der Waals surface area contributed by atoms with E-state index in [1.165, 1.54) is 17.0 Å². The zero-order valence-corrected chi connectivity index (χ0v) is 11.8. The van der Waals surface area contributed by atoms with E-state index in [2.05, 4.69) is 24.2 Å². The lowest BCUT2D eigenvalue weighted by Gasteiger charge is -2.29. The Hall–Kier alpha value is -1.04. The molecular weight excluding hydrogens is 240 g/mol. The number of hydrogen-bond acceptors (Lipinski definition) is 5. The van der Waals surface area contributed by atoms with Crippen LogP contribution in [0.3, 0.4) is 0 Å². The Morgan fingerprint density at radius 2 is 2.26 bits per heavy atom. The Morgan fingerprint density at radius 1 is 1.37 bits per heavy atom. The molecule has 0 saturated carbocycles. The van der Waals surface area contributed by atoms with E-state index in [4.69, 9.17) is 14.7 Å². The van der Waals surface area contributed by atoms with Crippen LogP contribution >= 0.6 is 0 Å². The standard InChI is InChI=1S/C14H22N4O/c1-3-4-11-10-7-15-8-12(10)17-14(16-11)13-9-18(2)5-6-19-13/h13,15H,3-9H2,1-2H3. The largest absolute Gasteiger partial charge is 0.368 e. The highest BCUT2D eigenvalue weighted by atomic mass is 16.5. The van der Waals surface area contributed by atoms with Crippen LogP contribution in [0.25, 0.3) is 0 Å². The monoisotopic (exact) mass is 262 g/mol. The van der Waals surface area contributed by atoms with E-state index in [-0.39, 0.29) is 6.10 Å². The number of hydrogen-bond donors (Lipinski definition) is 1. The molecule has 0 aromatic carbocycles. The number of aryl methyl sites for hydroxylation is 1. The van der Waals surface area contributed by atoms with E-state index < -0.39 is 0 Å². The SMILES string of the molecule is CCCc1nc(C2CN(C)CCO2)nc2c1CNC2. The van der Waals surface area contributed by atoms with Gasteiger partial charge in [0.05, 0.1) is 12.3 Å². The van der Waals surface area contributed by atoms with Crippen LogP contribution in [-0.2, 0) is 24.2 Å². The van der Waals surface area contributed by atoms with Crippen molar-refractivity contribution < 1.29 is 4.74 Å². The Kier molecular flexibility index (Phi) is 3.77. The van der Waals surface area contributed by atoms with Crippen molar-refractivity contribution in [2.45, 2.75) is 39.0 Å². The summed E-state index contributed by atoms with van der Waals surface area (Å²) in [5.74, 6) is 0.873. The zero-order chi connectivity index (χ0) is 13.2. The van der Waals surface area contributed by atoms with Crippen LogP contribution in [-0.4, -0.2) is 41.6 Å². The summed E-state index contributed by atoms with van der Waals surface area (Å²) < 4.78 is 5.84. The number of rotatable bonds is 3. The van der Waals surface area contributed by atoms with E-state index in [0.717, 1.165) is 51.5 Å². The maximum atomic E-state index is 5.84. The lowest BCUT2D eigenvalue weighted by molar-refractivity contribution is -0.0256. The van der Waals surface area contributed by atoms with Crippen molar-refractivity contribution in [2.75, 3.05) is 26.7 Å². The second-order valence-corrected chi connectivity index (χ2v) is 5.43. The van der Waals surface area contributed by atoms with E-state index in [1.807, 2.05) is 0 Å². The van der Waals surface area contributed by atoms with Gasteiger partial charge in [-0.05, 0) is 13.5 Å². The van der Waals surface area contributed by atoms with Crippen LogP contribution in [0.15, 0.2) is 0 Å². The summed E-state index contributed by atoms with van der Waals surface area (Å²) in [6.07, 6.45) is 2.18. The molecule has 5 heteroatoms. The fourth-order valence-corrected chi connectivity index (χ4v) is 2.78. The van der Waals surface area contributed by atoms with Crippen molar-refractivity contribution in [1.82, 2.24) is 20.2 Å². The third-order valence-corrected chi connectivity index (χ3v) is 3.83. The number of morpholine rings is 1. The molecule has 0 bridgehead atoms. The minimum Gasteiger partial charge on any atom is -0.368 e. The molecule has 1 fully saturated rings. The molecule has 1 aromatic rings. The fraction of sp³-hybridized carbons (Fsp3) is 0.714. The van der Waals surface area contributed by atoms with Crippen molar-refractivity contribution in [3.05, 3.63) is 22.8 Å². The third-order valence-electron chi connectivity index (χ3n) is 3.83. The molecule has 0 radical (unpaired) electrons. The second kappa shape index (κ2) is 5.53. The van der Waals surface area contributed by atoms with Gasteiger partial charge in [-0.25, -0.2) is 9.97 Å². The molecule has 2 aliphatic rings. The topological polar surface area (TPSA) is 50.3 Å². The number of ether oxygens (including phenoxy) is 1. The van der Waals surface area contributed by atoms with Crippen molar-refractivity contribution in [2.24, 2.45) is 0 Å². The molecule has 3 heterocycles. The van der Waals surface area contributed by atoms with Gasteiger partial charge < -0.3 is 15.0 Å². The van der Waals surface area contributed by atoms with Crippen molar-refractivity contribution in [3.8, 4) is 0 Å². The van der Waals surface area contributed by atoms with E-state index >= 15 is 0 Å². The lowest BCUT2D eigenvalue weighted by atomic mass is 10.1. The average molecular weight is 262 g/mol. The van der Waals surface area contributed by atoms with Crippen LogP contribution in [0.2, 0.25) is 0 Å². The normalized spacial score (nSPS) is 23.6. The second-order valence-electron chi connectivity index (χ2n) is 5.43. The first-order valence-electron chi connectivity index (χ1n) is 7.17. The number of likely N-dealkylation sites (N-methyl/N-ethyl adjacent to an activating group) is 1. The van der Waals surface area contributed by atoms with Crippen LogP contribution in [0.1, 0.15) is 42.2 Å². The van der Waals surface area contributed by atoms with Gasteiger partial charge in [0, 0.05) is 37.4 Å². The first-order chi connectivity index (χ1) is 9.28. The lowest BCUT2D eigenvalue weighted by Crippen LogP contribution is -2.36. The van der Waals surface area contributed by atoms with Gasteiger partial charge in [-0.2, -0.15) is 0 Å². The number of fused-ring (bicyclic) bond motifs is 1. The maximum absolute atomic E-state index is 5.84. The molecular formula is C14H22N4O. The first kappa shape index (κ1) is 13.0. The van der Waals surface area contributed by atoms with Crippen LogP contribution in [0.4, 0.5) is 0 Å². The molecule has 19 heavy (non-hydrogen) atoms. The van der Waals surface area contributed by atoms with Crippen LogP contribution < -0.4 is 5.32 Å². The Bertz CT molecular complexity index is 463. The summed E-state index contributed by atoms with van der Waals surface area (Å²) in [7, 11) is 2.12. The molecule has 2 aliphatic heterocycles. The fourth-order valence-electron chi connectivity index (χ4n) is 2.78. The molecule has 5 nitrogen and oxygen atoms in total. The maximum Gasteiger partial charge on any atom is 0.158 e. The summed E-state index contributed by atoms with van der Waals surface area (Å²) in [5, 5.41) is 3.37. The highest BCUT2D eigenvalue weighted by Crippen LogP contribution is 2.24. The van der Waals surface area contributed by atoms with Crippen molar-refractivity contribution in [3.63, 3.8) is 0 Å². The molecule has 0 aliphatic carbocycles. The summed E-state index contributed by atoms with van der Waals surface area (Å²) in [5.41, 5.74) is 3.70.